The quantitative estimate of drug-likeness (QED) is 0.808. The highest BCUT2D eigenvalue weighted by Crippen LogP contribution is 2.15. The van der Waals surface area contributed by atoms with Crippen LogP contribution in [0.4, 0.5) is 0 Å². The van der Waals surface area contributed by atoms with Gasteiger partial charge in [-0.05, 0) is 24.1 Å². The van der Waals surface area contributed by atoms with E-state index in [2.05, 4.69) is 5.32 Å². The molecule has 0 atom stereocenters. The second-order valence-corrected chi connectivity index (χ2v) is 4.34. The maximum Gasteiger partial charge on any atom is 0.419 e. The van der Waals surface area contributed by atoms with Gasteiger partial charge in [-0.1, -0.05) is 6.07 Å². The smallest absolute Gasteiger partial charge is 0.408 e. The van der Waals surface area contributed by atoms with E-state index in [1.807, 2.05) is 18.2 Å². The van der Waals surface area contributed by atoms with Gasteiger partial charge in [-0.25, -0.2) is 4.79 Å². The summed E-state index contributed by atoms with van der Waals surface area (Å²) in [5.41, 5.74) is 7.77. The largest absolute Gasteiger partial charge is 0.419 e. The van der Waals surface area contributed by atoms with Crippen molar-refractivity contribution in [1.29, 1.82) is 0 Å². The van der Waals surface area contributed by atoms with Crippen LogP contribution in [0.15, 0.2) is 27.4 Å². The number of hydrogen-bond donors (Lipinski definition) is 2. The monoisotopic (exact) mass is 263 g/mol. The maximum atomic E-state index is 11.6. The first-order valence-corrected chi connectivity index (χ1v) is 6.18. The maximum absolute atomic E-state index is 11.6. The fourth-order valence-electron chi connectivity index (χ4n) is 1.99. The molecule has 0 radical (unpaired) electrons. The number of hydrogen-bond acceptors (Lipinski definition) is 4. The highest BCUT2D eigenvalue weighted by atomic mass is 16.4. The van der Waals surface area contributed by atoms with Crippen molar-refractivity contribution in [2.75, 3.05) is 13.1 Å². The fourth-order valence-corrected chi connectivity index (χ4v) is 1.99. The fraction of sp³-hybridized carbons (Fsp3) is 0.385. The van der Waals surface area contributed by atoms with Crippen LogP contribution in [0.1, 0.15) is 12.5 Å². The molecule has 19 heavy (non-hydrogen) atoms. The first kappa shape index (κ1) is 13.4. The average Bonchev–Trinajstić information content (AvgIpc) is 2.65. The molecule has 0 fully saturated rings. The minimum Gasteiger partial charge on any atom is -0.408 e. The Labute approximate surface area is 110 Å². The Hall–Kier alpha value is -2.08. The molecule has 0 bridgehead atoms. The number of fused-ring (bicyclic) bond motifs is 1. The Morgan fingerprint density at radius 1 is 1.47 bits per heavy atom. The molecule has 0 spiro atoms. The summed E-state index contributed by atoms with van der Waals surface area (Å²) in [4.78, 5) is 22.4. The van der Waals surface area contributed by atoms with Gasteiger partial charge in [0, 0.05) is 26.6 Å². The molecule has 0 aliphatic carbocycles. The Kier molecular flexibility index (Phi) is 4.01. The molecule has 2 aromatic rings. The minimum atomic E-state index is -0.389. The van der Waals surface area contributed by atoms with Gasteiger partial charge in [-0.15, -0.1) is 0 Å². The lowest BCUT2D eigenvalue weighted by Crippen LogP contribution is -2.22. The second-order valence-electron chi connectivity index (χ2n) is 4.34. The number of nitrogens with two attached hydrogens (primary N) is 1. The molecule has 1 amide bonds. The van der Waals surface area contributed by atoms with Crippen LogP contribution in [0.25, 0.3) is 11.1 Å². The molecule has 6 heteroatoms. The van der Waals surface area contributed by atoms with Crippen molar-refractivity contribution < 1.29 is 9.21 Å². The standard InChI is InChI=1S/C13H17N3O3/c1-9(17)15-6-4-10-2-3-11-12(8-10)19-13(18)16(11)7-5-14/h2-3,8H,4-7,14H2,1H3,(H,15,17). The van der Waals surface area contributed by atoms with Crippen molar-refractivity contribution in [2.24, 2.45) is 5.73 Å². The van der Waals surface area contributed by atoms with Gasteiger partial charge in [0.05, 0.1) is 5.52 Å². The SMILES string of the molecule is CC(=O)NCCc1ccc2c(c1)oc(=O)n2CCN. The van der Waals surface area contributed by atoms with Crippen molar-refractivity contribution in [1.82, 2.24) is 9.88 Å². The summed E-state index contributed by atoms with van der Waals surface area (Å²) >= 11 is 0. The van der Waals surface area contributed by atoms with Gasteiger partial charge in [0.1, 0.15) is 0 Å². The predicted octanol–water partition coefficient (Wildman–Crippen LogP) is 0.232. The minimum absolute atomic E-state index is 0.0540. The van der Waals surface area contributed by atoms with Crippen LogP contribution < -0.4 is 16.8 Å². The van der Waals surface area contributed by atoms with Gasteiger partial charge in [0.25, 0.3) is 0 Å². The zero-order valence-corrected chi connectivity index (χ0v) is 10.8. The Bertz CT molecular complexity index is 642. The number of amides is 1. The van der Waals surface area contributed by atoms with E-state index < -0.39 is 0 Å². The van der Waals surface area contributed by atoms with Crippen molar-refractivity contribution in [3.8, 4) is 0 Å². The molecule has 6 nitrogen and oxygen atoms in total. The first-order chi connectivity index (χ1) is 9.11. The van der Waals surface area contributed by atoms with Gasteiger partial charge < -0.3 is 15.5 Å². The van der Waals surface area contributed by atoms with E-state index in [4.69, 9.17) is 10.2 Å². The number of carbonyl (C=O) groups excluding carboxylic acids is 1. The van der Waals surface area contributed by atoms with Crippen LogP contribution in [0.5, 0.6) is 0 Å². The van der Waals surface area contributed by atoms with Gasteiger partial charge in [0.2, 0.25) is 5.91 Å². The Morgan fingerprint density at radius 3 is 2.95 bits per heavy atom. The van der Waals surface area contributed by atoms with Crippen LogP contribution in [-0.2, 0) is 17.8 Å². The molecule has 1 aromatic carbocycles. The number of oxazole rings is 1. The van der Waals surface area contributed by atoms with Crippen LogP contribution in [-0.4, -0.2) is 23.6 Å². The molecule has 102 valence electrons. The molecular weight excluding hydrogens is 246 g/mol. The van der Waals surface area contributed by atoms with E-state index in [0.717, 1.165) is 11.1 Å². The number of nitrogens with one attached hydrogen (secondary N) is 1. The molecule has 0 saturated heterocycles. The molecular formula is C13H17N3O3. The molecule has 0 aliphatic rings. The number of carbonyl (C=O) groups is 1. The lowest BCUT2D eigenvalue weighted by molar-refractivity contribution is -0.118. The summed E-state index contributed by atoms with van der Waals surface area (Å²) in [6.45, 7) is 2.87. The summed E-state index contributed by atoms with van der Waals surface area (Å²) in [6, 6.07) is 5.59. The van der Waals surface area contributed by atoms with Gasteiger partial charge in [-0.2, -0.15) is 0 Å². The third kappa shape index (κ3) is 3.03. The van der Waals surface area contributed by atoms with Crippen molar-refractivity contribution >= 4 is 17.0 Å². The van der Waals surface area contributed by atoms with Crippen molar-refractivity contribution in [3.05, 3.63) is 34.3 Å². The number of benzene rings is 1. The van der Waals surface area contributed by atoms with Crippen LogP contribution >= 0.6 is 0 Å². The summed E-state index contributed by atoms with van der Waals surface area (Å²) in [7, 11) is 0. The number of nitrogens with zero attached hydrogens (tertiary/aromatic N) is 1. The predicted molar refractivity (Wildman–Crippen MR) is 71.9 cm³/mol. The summed E-state index contributed by atoms with van der Waals surface area (Å²) in [5, 5.41) is 2.73. The Morgan fingerprint density at radius 2 is 2.26 bits per heavy atom. The second kappa shape index (κ2) is 5.71. The lowest BCUT2D eigenvalue weighted by Gasteiger charge is -2.03. The molecule has 0 saturated carbocycles. The number of aromatic nitrogens is 1. The highest BCUT2D eigenvalue weighted by molar-refractivity contribution is 5.74. The highest BCUT2D eigenvalue weighted by Gasteiger charge is 2.08. The van der Waals surface area contributed by atoms with Crippen molar-refractivity contribution in [3.63, 3.8) is 0 Å². The molecule has 0 aliphatic heterocycles. The van der Waals surface area contributed by atoms with Gasteiger partial charge in [-0.3, -0.25) is 9.36 Å². The first-order valence-electron chi connectivity index (χ1n) is 6.18. The molecule has 1 aromatic heterocycles. The van der Waals surface area contributed by atoms with E-state index in [0.29, 0.717) is 31.6 Å². The van der Waals surface area contributed by atoms with E-state index in [1.165, 1.54) is 11.5 Å². The summed E-state index contributed by atoms with van der Waals surface area (Å²) < 4.78 is 6.70. The molecule has 0 unspecified atom stereocenters. The van der Waals surface area contributed by atoms with Crippen LogP contribution in [0.2, 0.25) is 0 Å². The summed E-state index contributed by atoms with van der Waals surface area (Å²) in [6.07, 6.45) is 0.696. The summed E-state index contributed by atoms with van der Waals surface area (Å²) in [5.74, 6) is -0.443. The third-order valence-electron chi connectivity index (χ3n) is 2.87. The zero-order valence-electron chi connectivity index (χ0n) is 10.8. The van der Waals surface area contributed by atoms with E-state index in [9.17, 15) is 9.59 Å². The van der Waals surface area contributed by atoms with Crippen LogP contribution in [0, 0.1) is 0 Å². The number of rotatable bonds is 5. The normalized spacial score (nSPS) is 10.8. The van der Waals surface area contributed by atoms with E-state index in [-0.39, 0.29) is 11.7 Å². The van der Waals surface area contributed by atoms with Gasteiger partial charge >= 0.3 is 5.76 Å². The molecule has 1 heterocycles. The Balaban J connectivity index is 2.22. The molecule has 2 rings (SSSR count). The van der Waals surface area contributed by atoms with Crippen molar-refractivity contribution in [2.45, 2.75) is 19.9 Å². The van der Waals surface area contributed by atoms with E-state index in [1.54, 1.807) is 0 Å². The zero-order chi connectivity index (χ0) is 13.8. The molecule has 3 N–H and O–H groups in total. The lowest BCUT2D eigenvalue weighted by atomic mass is 10.1. The topological polar surface area (TPSA) is 90.3 Å². The third-order valence-corrected chi connectivity index (χ3v) is 2.87. The average molecular weight is 263 g/mol. The van der Waals surface area contributed by atoms with Gasteiger partial charge in [0.15, 0.2) is 5.58 Å². The van der Waals surface area contributed by atoms with E-state index >= 15 is 0 Å². The van der Waals surface area contributed by atoms with Crippen LogP contribution in [0.3, 0.4) is 0 Å².